The van der Waals surface area contributed by atoms with Gasteiger partial charge in [0, 0.05) is 5.69 Å². The van der Waals surface area contributed by atoms with Crippen LogP contribution in [-0.2, 0) is 0 Å². The van der Waals surface area contributed by atoms with Crippen molar-refractivity contribution in [2.24, 2.45) is 0 Å². The summed E-state index contributed by atoms with van der Waals surface area (Å²) in [6.07, 6.45) is 0. The van der Waals surface area contributed by atoms with Crippen molar-refractivity contribution in [1.29, 1.82) is 0 Å². The Morgan fingerprint density at radius 2 is 2.00 bits per heavy atom. The highest BCUT2D eigenvalue weighted by molar-refractivity contribution is 6.59. The van der Waals surface area contributed by atoms with E-state index in [-0.39, 0.29) is 16.7 Å². The second-order valence-corrected chi connectivity index (χ2v) is 2.96. The summed E-state index contributed by atoms with van der Waals surface area (Å²) in [6, 6.07) is 2.47. The SMILES string of the molecule is Cc1c(N)cc(C(=O)O)cc1B(O)O. The minimum Gasteiger partial charge on any atom is -0.478 e. The fraction of sp³-hybridized carbons (Fsp3) is 0.125. The molecule has 0 unspecified atom stereocenters. The van der Waals surface area contributed by atoms with Crippen LogP contribution in [0.15, 0.2) is 12.1 Å². The Morgan fingerprint density at radius 1 is 1.43 bits per heavy atom. The number of nitrogens with two attached hydrogens (primary N) is 1. The number of carbonyl (C=O) groups is 1. The molecule has 6 heteroatoms. The van der Waals surface area contributed by atoms with E-state index in [2.05, 4.69) is 0 Å². The zero-order valence-corrected chi connectivity index (χ0v) is 7.56. The predicted molar refractivity (Wildman–Crippen MR) is 52.4 cm³/mol. The molecule has 0 aromatic heterocycles. The van der Waals surface area contributed by atoms with Gasteiger partial charge < -0.3 is 20.9 Å². The molecule has 5 nitrogen and oxygen atoms in total. The Hall–Kier alpha value is -1.53. The zero-order valence-electron chi connectivity index (χ0n) is 7.56. The standard InChI is InChI=1S/C8H10BNO4/c1-4-6(9(13)14)2-5(8(11)12)3-7(4)10/h2-3,13-14H,10H2,1H3,(H,11,12). The van der Waals surface area contributed by atoms with Crippen molar-refractivity contribution in [3.05, 3.63) is 23.3 Å². The van der Waals surface area contributed by atoms with Gasteiger partial charge in [0.25, 0.3) is 0 Å². The summed E-state index contributed by atoms with van der Waals surface area (Å²) in [5.74, 6) is -1.15. The van der Waals surface area contributed by atoms with E-state index in [1.165, 1.54) is 12.1 Å². The number of aromatic carboxylic acids is 1. The molecule has 0 aliphatic rings. The molecule has 14 heavy (non-hydrogen) atoms. The van der Waals surface area contributed by atoms with Gasteiger partial charge in [-0.3, -0.25) is 0 Å². The number of anilines is 1. The number of carboxylic acid groups (broad SMARTS) is 1. The Balaban J connectivity index is 3.35. The maximum absolute atomic E-state index is 10.6. The van der Waals surface area contributed by atoms with Crippen LogP contribution >= 0.6 is 0 Å². The largest absolute Gasteiger partial charge is 0.488 e. The van der Waals surface area contributed by atoms with Crippen LogP contribution in [0.5, 0.6) is 0 Å². The van der Waals surface area contributed by atoms with Crippen molar-refractivity contribution in [2.75, 3.05) is 5.73 Å². The lowest BCUT2D eigenvalue weighted by Gasteiger charge is -2.08. The minimum absolute atomic E-state index is 0.0591. The van der Waals surface area contributed by atoms with E-state index in [1.807, 2.05) is 0 Å². The van der Waals surface area contributed by atoms with Crippen molar-refractivity contribution in [3.8, 4) is 0 Å². The second kappa shape index (κ2) is 3.69. The molecule has 1 rings (SSSR count). The number of benzene rings is 1. The molecule has 0 aliphatic heterocycles. The summed E-state index contributed by atoms with van der Waals surface area (Å²) in [7, 11) is -1.71. The summed E-state index contributed by atoms with van der Waals surface area (Å²) < 4.78 is 0. The fourth-order valence-electron chi connectivity index (χ4n) is 1.15. The summed E-state index contributed by atoms with van der Waals surface area (Å²) >= 11 is 0. The van der Waals surface area contributed by atoms with Crippen LogP contribution in [0.4, 0.5) is 5.69 Å². The molecule has 1 aromatic carbocycles. The molecule has 0 radical (unpaired) electrons. The average molecular weight is 195 g/mol. The van der Waals surface area contributed by atoms with Crippen LogP contribution in [-0.4, -0.2) is 28.2 Å². The smallest absolute Gasteiger partial charge is 0.478 e. The number of hydrogen-bond acceptors (Lipinski definition) is 4. The van der Waals surface area contributed by atoms with Crippen molar-refractivity contribution in [2.45, 2.75) is 6.92 Å². The van der Waals surface area contributed by atoms with Gasteiger partial charge in [-0.05, 0) is 30.1 Å². The first kappa shape index (κ1) is 10.6. The predicted octanol–water partition coefficient (Wildman–Crippen LogP) is -1.04. The van der Waals surface area contributed by atoms with E-state index >= 15 is 0 Å². The van der Waals surface area contributed by atoms with Gasteiger partial charge in [-0.15, -0.1) is 0 Å². The Bertz CT molecular complexity index is 378. The fourth-order valence-corrected chi connectivity index (χ4v) is 1.15. The third kappa shape index (κ3) is 1.86. The van der Waals surface area contributed by atoms with Gasteiger partial charge in [0.05, 0.1) is 5.56 Å². The first-order chi connectivity index (χ1) is 6.43. The molecule has 5 N–H and O–H groups in total. The normalized spacial score (nSPS) is 9.93. The van der Waals surface area contributed by atoms with Crippen LogP contribution in [0.2, 0.25) is 0 Å². The Kier molecular flexibility index (Phi) is 2.78. The van der Waals surface area contributed by atoms with Gasteiger partial charge in [0.15, 0.2) is 0 Å². The molecular formula is C8H10BNO4. The number of rotatable bonds is 2. The molecule has 0 fully saturated rings. The van der Waals surface area contributed by atoms with E-state index in [9.17, 15) is 4.79 Å². The van der Waals surface area contributed by atoms with Crippen LogP contribution in [0, 0.1) is 6.92 Å². The summed E-state index contributed by atoms with van der Waals surface area (Å²) in [5, 5.41) is 26.6. The molecule has 74 valence electrons. The molecular weight excluding hydrogens is 185 g/mol. The van der Waals surface area contributed by atoms with Crippen molar-refractivity contribution in [3.63, 3.8) is 0 Å². The first-order valence-electron chi connectivity index (χ1n) is 3.93. The highest BCUT2D eigenvalue weighted by Crippen LogP contribution is 2.11. The van der Waals surface area contributed by atoms with Gasteiger partial charge in [0.1, 0.15) is 0 Å². The molecule has 1 aromatic rings. The number of hydrogen-bond donors (Lipinski definition) is 4. The number of nitrogen functional groups attached to an aromatic ring is 1. The quantitative estimate of drug-likeness (QED) is 0.356. The minimum atomic E-state index is -1.71. The molecule has 0 saturated carbocycles. The van der Waals surface area contributed by atoms with Gasteiger partial charge >= 0.3 is 13.1 Å². The highest BCUT2D eigenvalue weighted by atomic mass is 16.4. The van der Waals surface area contributed by atoms with Gasteiger partial charge in [-0.2, -0.15) is 0 Å². The highest BCUT2D eigenvalue weighted by Gasteiger charge is 2.18. The lowest BCUT2D eigenvalue weighted by atomic mass is 9.76. The van der Waals surface area contributed by atoms with Crippen molar-refractivity contribution in [1.82, 2.24) is 0 Å². The maximum atomic E-state index is 10.6. The van der Waals surface area contributed by atoms with Gasteiger partial charge in [-0.25, -0.2) is 4.79 Å². The summed E-state index contributed by atoms with van der Waals surface area (Å²) in [5.41, 5.74) is 6.27. The molecule has 0 aliphatic carbocycles. The van der Waals surface area contributed by atoms with Crippen LogP contribution < -0.4 is 11.2 Å². The van der Waals surface area contributed by atoms with E-state index in [4.69, 9.17) is 20.9 Å². The molecule has 0 saturated heterocycles. The van der Waals surface area contributed by atoms with Crippen LogP contribution in [0.1, 0.15) is 15.9 Å². The average Bonchev–Trinajstić information content (AvgIpc) is 2.08. The third-order valence-corrected chi connectivity index (χ3v) is 2.01. The van der Waals surface area contributed by atoms with Crippen molar-refractivity contribution >= 4 is 24.2 Å². The molecule has 0 heterocycles. The van der Waals surface area contributed by atoms with Crippen molar-refractivity contribution < 1.29 is 19.9 Å². The first-order valence-corrected chi connectivity index (χ1v) is 3.93. The van der Waals surface area contributed by atoms with Gasteiger partial charge in [-0.1, -0.05) is 0 Å². The topological polar surface area (TPSA) is 104 Å². The summed E-state index contributed by atoms with van der Waals surface area (Å²) in [6.45, 7) is 1.59. The molecule has 0 bridgehead atoms. The molecule has 0 atom stereocenters. The lowest BCUT2D eigenvalue weighted by Crippen LogP contribution is -2.33. The molecule has 0 spiro atoms. The maximum Gasteiger partial charge on any atom is 0.488 e. The van der Waals surface area contributed by atoms with E-state index in [0.29, 0.717) is 5.56 Å². The van der Waals surface area contributed by atoms with E-state index < -0.39 is 13.1 Å². The summed E-state index contributed by atoms with van der Waals surface area (Å²) in [4.78, 5) is 10.6. The monoisotopic (exact) mass is 195 g/mol. The molecule has 0 amide bonds. The second-order valence-electron chi connectivity index (χ2n) is 2.96. The van der Waals surface area contributed by atoms with Crippen LogP contribution in [0.25, 0.3) is 0 Å². The zero-order chi connectivity index (χ0) is 10.9. The van der Waals surface area contributed by atoms with Gasteiger partial charge in [0.2, 0.25) is 0 Å². The van der Waals surface area contributed by atoms with Crippen LogP contribution in [0.3, 0.4) is 0 Å². The van der Waals surface area contributed by atoms with E-state index in [0.717, 1.165) is 0 Å². The van der Waals surface area contributed by atoms with E-state index in [1.54, 1.807) is 6.92 Å². The number of carboxylic acids is 1. The lowest BCUT2D eigenvalue weighted by molar-refractivity contribution is 0.0697. The third-order valence-electron chi connectivity index (χ3n) is 2.01. The Morgan fingerprint density at radius 3 is 2.43 bits per heavy atom. The Labute approximate surface area is 80.9 Å².